The molecule has 1 heterocycles. The van der Waals surface area contributed by atoms with E-state index in [-0.39, 0.29) is 5.69 Å². The Morgan fingerprint density at radius 1 is 1.38 bits per heavy atom. The minimum Gasteiger partial charge on any atom is -0.369 e. The summed E-state index contributed by atoms with van der Waals surface area (Å²) in [6.45, 7) is 2.77. The third kappa shape index (κ3) is 4.22. The lowest BCUT2D eigenvalue weighted by molar-refractivity contribution is 0.102. The average Bonchev–Trinajstić information content (AvgIpc) is 2.49. The highest BCUT2D eigenvalue weighted by atomic mass is 79.9. The lowest BCUT2D eigenvalue weighted by Crippen LogP contribution is -2.15. The predicted molar refractivity (Wildman–Crippen MR) is 82.9 cm³/mol. The van der Waals surface area contributed by atoms with E-state index in [4.69, 9.17) is 0 Å². The number of carbonyl (C=O) groups excluding carboxylic acids is 1. The van der Waals surface area contributed by atoms with Gasteiger partial charge in [-0.3, -0.25) is 9.78 Å². The van der Waals surface area contributed by atoms with Crippen LogP contribution in [-0.2, 0) is 0 Å². The van der Waals surface area contributed by atoms with E-state index in [0.29, 0.717) is 16.0 Å². The molecule has 0 aliphatic rings. The number of carbonyl (C=O) groups is 1. The standard InChI is InChI=1S/C14H14BrFN4O/c1-2-5-18-13-8-17-7-12(20-13)14(21)19-9-3-4-10(15)11(16)6-9/h3-4,6-8H,2,5H2,1H3,(H,18,20)(H,19,21). The smallest absolute Gasteiger partial charge is 0.275 e. The van der Waals surface area contributed by atoms with E-state index < -0.39 is 11.7 Å². The van der Waals surface area contributed by atoms with Crippen molar-refractivity contribution < 1.29 is 9.18 Å². The summed E-state index contributed by atoms with van der Waals surface area (Å²) in [5, 5.41) is 5.63. The number of hydrogen-bond acceptors (Lipinski definition) is 4. The SMILES string of the molecule is CCCNc1cncc(C(=O)Nc2ccc(Br)c(F)c2)n1. The Labute approximate surface area is 130 Å². The molecule has 0 atom stereocenters. The van der Waals surface area contributed by atoms with Gasteiger partial charge in [-0.25, -0.2) is 9.37 Å². The molecule has 2 rings (SSSR count). The molecule has 7 heteroatoms. The molecular formula is C14H14BrFN4O. The Kier molecular flexibility index (Phi) is 5.21. The van der Waals surface area contributed by atoms with Crippen molar-refractivity contribution in [3.8, 4) is 0 Å². The summed E-state index contributed by atoms with van der Waals surface area (Å²) in [5.41, 5.74) is 0.522. The number of amides is 1. The van der Waals surface area contributed by atoms with Gasteiger partial charge in [0.05, 0.1) is 16.9 Å². The van der Waals surface area contributed by atoms with Crippen molar-refractivity contribution in [1.29, 1.82) is 0 Å². The van der Waals surface area contributed by atoms with Gasteiger partial charge in [-0.15, -0.1) is 0 Å². The molecule has 0 saturated carbocycles. The van der Waals surface area contributed by atoms with E-state index in [1.165, 1.54) is 18.3 Å². The fraction of sp³-hybridized carbons (Fsp3) is 0.214. The van der Waals surface area contributed by atoms with Crippen molar-refractivity contribution >= 4 is 33.3 Å². The van der Waals surface area contributed by atoms with Gasteiger partial charge in [0, 0.05) is 12.2 Å². The molecule has 0 aliphatic heterocycles. The Bertz CT molecular complexity index is 651. The lowest BCUT2D eigenvalue weighted by Gasteiger charge is -2.07. The average molecular weight is 353 g/mol. The molecule has 2 N–H and O–H groups in total. The Morgan fingerprint density at radius 2 is 2.19 bits per heavy atom. The molecule has 21 heavy (non-hydrogen) atoms. The van der Waals surface area contributed by atoms with Crippen LogP contribution in [0.25, 0.3) is 0 Å². The molecule has 2 aromatic rings. The van der Waals surface area contributed by atoms with E-state index in [2.05, 4.69) is 36.5 Å². The van der Waals surface area contributed by atoms with Crippen molar-refractivity contribution in [3.05, 3.63) is 46.6 Å². The fourth-order valence-corrected chi connectivity index (χ4v) is 1.83. The van der Waals surface area contributed by atoms with Crippen molar-refractivity contribution in [1.82, 2.24) is 9.97 Å². The fourth-order valence-electron chi connectivity index (χ4n) is 1.58. The molecule has 0 fully saturated rings. The number of nitrogens with zero attached hydrogens (tertiary/aromatic N) is 2. The zero-order chi connectivity index (χ0) is 15.2. The van der Waals surface area contributed by atoms with E-state index in [1.807, 2.05) is 6.92 Å². The minimum absolute atomic E-state index is 0.166. The Balaban J connectivity index is 2.10. The van der Waals surface area contributed by atoms with Gasteiger partial charge in [0.25, 0.3) is 5.91 Å². The summed E-state index contributed by atoms with van der Waals surface area (Å²) in [6.07, 6.45) is 3.85. The minimum atomic E-state index is -0.447. The summed E-state index contributed by atoms with van der Waals surface area (Å²) < 4.78 is 13.7. The molecule has 0 radical (unpaired) electrons. The van der Waals surface area contributed by atoms with Crippen molar-refractivity contribution in [2.75, 3.05) is 17.2 Å². The van der Waals surface area contributed by atoms with Gasteiger partial charge >= 0.3 is 0 Å². The first-order valence-corrected chi connectivity index (χ1v) is 7.21. The van der Waals surface area contributed by atoms with Gasteiger partial charge < -0.3 is 10.6 Å². The number of nitrogens with one attached hydrogen (secondary N) is 2. The van der Waals surface area contributed by atoms with Crippen LogP contribution in [0.15, 0.2) is 35.1 Å². The maximum Gasteiger partial charge on any atom is 0.275 e. The molecular weight excluding hydrogens is 339 g/mol. The summed E-state index contributed by atoms with van der Waals surface area (Å²) in [4.78, 5) is 20.2. The normalized spacial score (nSPS) is 10.2. The van der Waals surface area contributed by atoms with Gasteiger partial charge in [-0.1, -0.05) is 6.92 Å². The molecule has 1 amide bonds. The van der Waals surface area contributed by atoms with Crippen molar-refractivity contribution in [3.63, 3.8) is 0 Å². The largest absolute Gasteiger partial charge is 0.369 e. The molecule has 0 bridgehead atoms. The topological polar surface area (TPSA) is 66.9 Å². The zero-order valence-electron chi connectivity index (χ0n) is 11.4. The monoisotopic (exact) mass is 352 g/mol. The number of rotatable bonds is 5. The quantitative estimate of drug-likeness (QED) is 0.864. The first kappa shape index (κ1) is 15.4. The second kappa shape index (κ2) is 7.12. The lowest BCUT2D eigenvalue weighted by atomic mass is 10.3. The number of benzene rings is 1. The Morgan fingerprint density at radius 3 is 2.90 bits per heavy atom. The van der Waals surface area contributed by atoms with Crippen LogP contribution in [0.2, 0.25) is 0 Å². The van der Waals surface area contributed by atoms with Crippen molar-refractivity contribution in [2.24, 2.45) is 0 Å². The molecule has 110 valence electrons. The van der Waals surface area contributed by atoms with Gasteiger partial charge in [-0.2, -0.15) is 0 Å². The second-order valence-corrected chi connectivity index (χ2v) is 5.15. The van der Waals surface area contributed by atoms with Gasteiger partial charge in [0.2, 0.25) is 0 Å². The summed E-state index contributed by atoms with van der Waals surface area (Å²) >= 11 is 3.06. The number of halogens is 2. The summed E-state index contributed by atoms with van der Waals surface area (Å²) in [6, 6.07) is 4.35. The summed E-state index contributed by atoms with van der Waals surface area (Å²) in [7, 11) is 0. The van der Waals surface area contributed by atoms with Crippen LogP contribution in [0.1, 0.15) is 23.8 Å². The van der Waals surface area contributed by atoms with Crippen LogP contribution < -0.4 is 10.6 Å². The Hall–Kier alpha value is -2.02. The number of hydrogen-bond donors (Lipinski definition) is 2. The third-order valence-electron chi connectivity index (χ3n) is 2.60. The van der Waals surface area contributed by atoms with Crippen LogP contribution in [0.5, 0.6) is 0 Å². The maximum absolute atomic E-state index is 13.4. The van der Waals surface area contributed by atoms with Gasteiger partial charge in [0.1, 0.15) is 17.3 Å². The number of anilines is 2. The summed E-state index contributed by atoms with van der Waals surface area (Å²) in [5.74, 6) is -0.354. The van der Waals surface area contributed by atoms with Gasteiger partial charge in [-0.05, 0) is 40.5 Å². The number of aromatic nitrogens is 2. The van der Waals surface area contributed by atoms with E-state index in [1.54, 1.807) is 12.3 Å². The van der Waals surface area contributed by atoms with Crippen LogP contribution >= 0.6 is 15.9 Å². The third-order valence-corrected chi connectivity index (χ3v) is 3.24. The molecule has 1 aromatic heterocycles. The zero-order valence-corrected chi connectivity index (χ0v) is 12.9. The second-order valence-electron chi connectivity index (χ2n) is 4.30. The molecule has 0 saturated heterocycles. The van der Waals surface area contributed by atoms with E-state index >= 15 is 0 Å². The van der Waals surface area contributed by atoms with Crippen LogP contribution in [0.3, 0.4) is 0 Å². The van der Waals surface area contributed by atoms with E-state index in [0.717, 1.165) is 13.0 Å². The highest BCUT2D eigenvalue weighted by molar-refractivity contribution is 9.10. The molecule has 1 aromatic carbocycles. The highest BCUT2D eigenvalue weighted by Crippen LogP contribution is 2.19. The van der Waals surface area contributed by atoms with Gasteiger partial charge in [0.15, 0.2) is 0 Å². The van der Waals surface area contributed by atoms with Crippen LogP contribution in [-0.4, -0.2) is 22.4 Å². The molecule has 0 aliphatic carbocycles. The predicted octanol–water partition coefficient (Wildman–Crippen LogP) is 3.45. The van der Waals surface area contributed by atoms with E-state index in [9.17, 15) is 9.18 Å². The molecule has 0 unspecified atom stereocenters. The van der Waals surface area contributed by atoms with Crippen molar-refractivity contribution in [2.45, 2.75) is 13.3 Å². The molecule has 5 nitrogen and oxygen atoms in total. The molecule has 0 spiro atoms. The first-order valence-electron chi connectivity index (χ1n) is 6.42. The first-order chi connectivity index (χ1) is 10.1. The highest BCUT2D eigenvalue weighted by Gasteiger charge is 2.10. The van der Waals surface area contributed by atoms with Crippen LogP contribution in [0.4, 0.5) is 15.9 Å². The van der Waals surface area contributed by atoms with Crippen LogP contribution in [0, 0.1) is 5.82 Å². The maximum atomic E-state index is 13.4.